The van der Waals surface area contributed by atoms with Gasteiger partial charge in [-0.3, -0.25) is 10.00 Å². The summed E-state index contributed by atoms with van der Waals surface area (Å²) in [6.45, 7) is 2.56. The van der Waals surface area contributed by atoms with Crippen LogP contribution < -0.4 is 14.2 Å². The van der Waals surface area contributed by atoms with Gasteiger partial charge in [0.15, 0.2) is 11.5 Å². The fraction of sp³-hybridized carbons (Fsp3) is 0.435. The molecule has 3 aromatic rings. The molecule has 0 radical (unpaired) electrons. The third-order valence-corrected chi connectivity index (χ3v) is 8.62. The Kier molecular flexibility index (Phi) is 4.85. The summed E-state index contributed by atoms with van der Waals surface area (Å²) in [7, 11) is -3.30. The van der Waals surface area contributed by atoms with Crippen LogP contribution in [-0.2, 0) is 16.6 Å². The highest BCUT2D eigenvalue weighted by Crippen LogP contribution is 2.40. The summed E-state index contributed by atoms with van der Waals surface area (Å²) in [5, 5.41) is 8.07. The summed E-state index contributed by atoms with van der Waals surface area (Å²) in [6.07, 6.45) is 4.12. The molecule has 0 amide bonds. The van der Waals surface area contributed by atoms with Gasteiger partial charge in [0, 0.05) is 24.5 Å². The normalized spacial score (nSPS) is 23.6. The highest BCUT2D eigenvalue weighted by atomic mass is 32.2. The summed E-state index contributed by atoms with van der Waals surface area (Å²) in [6, 6.07) is 11.8. The molecule has 168 valence electrons. The number of sulfonamides is 1. The van der Waals surface area contributed by atoms with E-state index in [0.717, 1.165) is 53.8 Å². The van der Waals surface area contributed by atoms with Crippen molar-refractivity contribution in [2.75, 3.05) is 19.8 Å². The molecule has 0 unspecified atom stereocenters. The van der Waals surface area contributed by atoms with E-state index in [2.05, 4.69) is 25.9 Å². The SMILES string of the molecule is O=S(=O)(N[C@H]1CCN(Cc2cccc3[nH]ncc23)[C@@H]1c1ccc2c(c1)OCCO2)C1CC1. The molecule has 3 heterocycles. The summed E-state index contributed by atoms with van der Waals surface area (Å²) in [5.41, 5.74) is 3.21. The molecule has 2 N–H and O–H groups in total. The molecule has 9 heteroatoms. The second kappa shape index (κ2) is 7.75. The monoisotopic (exact) mass is 454 g/mol. The number of benzene rings is 2. The standard InChI is InChI=1S/C23H26N4O4S/c28-32(29,17-5-6-17)26-20-8-9-27(14-16-2-1-3-19-18(16)13-24-25-19)23(20)15-4-7-21-22(12-15)31-11-10-30-21/h1-4,7,12-13,17,20,23,26H,5-6,8-11,14H2,(H,24,25)/t20-,23+/m0/s1. The zero-order chi connectivity index (χ0) is 21.7. The topological polar surface area (TPSA) is 96.6 Å². The van der Waals surface area contributed by atoms with E-state index in [4.69, 9.17) is 9.47 Å². The predicted molar refractivity (Wildman–Crippen MR) is 120 cm³/mol. The van der Waals surface area contributed by atoms with Crippen molar-refractivity contribution < 1.29 is 17.9 Å². The molecule has 8 nitrogen and oxygen atoms in total. The maximum absolute atomic E-state index is 12.8. The van der Waals surface area contributed by atoms with Gasteiger partial charge < -0.3 is 9.47 Å². The first kappa shape index (κ1) is 20.0. The van der Waals surface area contributed by atoms with E-state index in [0.29, 0.717) is 19.8 Å². The third-order valence-electron chi connectivity index (χ3n) is 6.64. The summed E-state index contributed by atoms with van der Waals surface area (Å²) >= 11 is 0. The first-order valence-electron chi connectivity index (χ1n) is 11.1. The molecular formula is C23H26N4O4S. The number of ether oxygens (including phenoxy) is 2. The summed E-state index contributed by atoms with van der Waals surface area (Å²) in [5.74, 6) is 1.46. The number of nitrogens with one attached hydrogen (secondary N) is 2. The van der Waals surface area contributed by atoms with Crippen LogP contribution in [-0.4, -0.2) is 54.6 Å². The van der Waals surface area contributed by atoms with Gasteiger partial charge in [-0.05, 0) is 48.6 Å². The van der Waals surface area contributed by atoms with Gasteiger partial charge in [0.1, 0.15) is 13.2 Å². The maximum atomic E-state index is 12.8. The van der Waals surface area contributed by atoms with Crippen LogP contribution >= 0.6 is 0 Å². The van der Waals surface area contributed by atoms with Crippen molar-refractivity contribution in [3.05, 3.63) is 53.7 Å². The van der Waals surface area contributed by atoms with Gasteiger partial charge in [0.25, 0.3) is 0 Å². The van der Waals surface area contributed by atoms with Crippen molar-refractivity contribution in [3.8, 4) is 11.5 Å². The molecule has 2 aromatic carbocycles. The number of hydrogen-bond acceptors (Lipinski definition) is 6. The van der Waals surface area contributed by atoms with E-state index in [1.54, 1.807) is 0 Å². The maximum Gasteiger partial charge on any atom is 0.214 e. The van der Waals surface area contributed by atoms with Crippen LogP contribution in [0.1, 0.15) is 36.4 Å². The molecule has 1 aromatic heterocycles. The van der Waals surface area contributed by atoms with Crippen molar-refractivity contribution in [3.63, 3.8) is 0 Å². The van der Waals surface area contributed by atoms with E-state index in [-0.39, 0.29) is 17.3 Å². The van der Waals surface area contributed by atoms with Crippen molar-refractivity contribution in [1.82, 2.24) is 19.8 Å². The van der Waals surface area contributed by atoms with E-state index in [1.807, 2.05) is 36.5 Å². The van der Waals surface area contributed by atoms with Gasteiger partial charge in [-0.1, -0.05) is 18.2 Å². The van der Waals surface area contributed by atoms with Crippen LogP contribution in [0.15, 0.2) is 42.6 Å². The van der Waals surface area contributed by atoms with Gasteiger partial charge in [-0.25, -0.2) is 13.1 Å². The van der Waals surface area contributed by atoms with E-state index in [1.165, 1.54) is 5.56 Å². The first-order valence-corrected chi connectivity index (χ1v) is 12.7. The predicted octanol–water partition coefficient (Wildman–Crippen LogP) is 2.73. The lowest BCUT2D eigenvalue weighted by Crippen LogP contribution is -2.41. The molecule has 1 saturated heterocycles. The molecule has 2 aliphatic heterocycles. The Morgan fingerprint density at radius 1 is 1.09 bits per heavy atom. The molecule has 2 atom stereocenters. The molecule has 2 fully saturated rings. The molecule has 1 aliphatic carbocycles. The van der Waals surface area contributed by atoms with Crippen LogP contribution in [0.2, 0.25) is 0 Å². The Labute approximate surface area is 186 Å². The Balaban J connectivity index is 1.35. The van der Waals surface area contributed by atoms with Crippen LogP contribution in [0.25, 0.3) is 10.9 Å². The molecule has 6 rings (SSSR count). The van der Waals surface area contributed by atoms with Crippen molar-refractivity contribution in [2.24, 2.45) is 0 Å². The zero-order valence-electron chi connectivity index (χ0n) is 17.7. The van der Waals surface area contributed by atoms with Crippen LogP contribution in [0.3, 0.4) is 0 Å². The first-order chi connectivity index (χ1) is 15.6. The number of aromatic nitrogens is 2. The fourth-order valence-corrected chi connectivity index (χ4v) is 6.53. The fourth-order valence-electron chi connectivity index (χ4n) is 4.92. The zero-order valence-corrected chi connectivity index (χ0v) is 18.5. The van der Waals surface area contributed by atoms with Crippen LogP contribution in [0.4, 0.5) is 0 Å². The van der Waals surface area contributed by atoms with Gasteiger partial charge >= 0.3 is 0 Å². The summed E-state index contributed by atoms with van der Waals surface area (Å²) in [4.78, 5) is 2.35. The Morgan fingerprint density at radius 3 is 2.78 bits per heavy atom. The van der Waals surface area contributed by atoms with Gasteiger partial charge in [0.05, 0.1) is 23.0 Å². The van der Waals surface area contributed by atoms with E-state index < -0.39 is 10.0 Å². The Hall–Kier alpha value is -2.62. The highest BCUT2D eigenvalue weighted by molar-refractivity contribution is 7.90. The van der Waals surface area contributed by atoms with Gasteiger partial charge in [-0.15, -0.1) is 0 Å². The van der Waals surface area contributed by atoms with E-state index >= 15 is 0 Å². The Bertz CT molecular complexity index is 1250. The lowest BCUT2D eigenvalue weighted by atomic mass is 9.99. The number of likely N-dealkylation sites (tertiary alicyclic amines) is 1. The molecule has 0 bridgehead atoms. The van der Waals surface area contributed by atoms with Crippen molar-refractivity contribution >= 4 is 20.9 Å². The second-order valence-electron chi connectivity index (χ2n) is 8.82. The number of rotatable bonds is 6. The lowest BCUT2D eigenvalue weighted by Gasteiger charge is -2.30. The van der Waals surface area contributed by atoms with Gasteiger partial charge in [-0.2, -0.15) is 5.10 Å². The molecule has 32 heavy (non-hydrogen) atoms. The molecular weight excluding hydrogens is 428 g/mol. The molecule has 0 spiro atoms. The number of aromatic amines is 1. The number of H-pyrrole nitrogens is 1. The van der Waals surface area contributed by atoms with E-state index in [9.17, 15) is 8.42 Å². The van der Waals surface area contributed by atoms with Gasteiger partial charge in [0.2, 0.25) is 10.0 Å². The number of nitrogens with zero attached hydrogens (tertiary/aromatic N) is 2. The molecule has 3 aliphatic rings. The van der Waals surface area contributed by atoms with Crippen molar-refractivity contribution in [2.45, 2.75) is 43.1 Å². The highest BCUT2D eigenvalue weighted by Gasteiger charge is 2.42. The number of fused-ring (bicyclic) bond motifs is 2. The second-order valence-corrected chi connectivity index (χ2v) is 10.8. The van der Waals surface area contributed by atoms with Crippen LogP contribution in [0, 0.1) is 0 Å². The Morgan fingerprint density at radius 2 is 1.94 bits per heavy atom. The summed E-state index contributed by atoms with van der Waals surface area (Å²) < 4.78 is 40.1. The quantitative estimate of drug-likeness (QED) is 0.595. The number of hydrogen-bond donors (Lipinski definition) is 2. The largest absolute Gasteiger partial charge is 0.486 e. The smallest absolute Gasteiger partial charge is 0.214 e. The third kappa shape index (κ3) is 3.64. The lowest BCUT2D eigenvalue weighted by molar-refractivity contribution is 0.170. The molecule has 1 saturated carbocycles. The average molecular weight is 455 g/mol. The van der Waals surface area contributed by atoms with Crippen molar-refractivity contribution in [1.29, 1.82) is 0 Å². The average Bonchev–Trinajstić information content (AvgIpc) is 3.44. The minimum absolute atomic E-state index is 0.0958. The minimum atomic E-state index is -3.30. The minimum Gasteiger partial charge on any atom is -0.486 e. The van der Waals surface area contributed by atoms with Crippen LogP contribution in [0.5, 0.6) is 11.5 Å².